The highest BCUT2D eigenvalue weighted by Crippen LogP contribution is 2.31. The normalized spacial score (nSPS) is 18.0. The first-order chi connectivity index (χ1) is 17.6. The number of carbonyl (C=O) groups is 1. The maximum absolute atomic E-state index is 11.0. The van der Waals surface area contributed by atoms with Crippen LogP contribution in [0, 0.1) is 5.92 Å². The Balaban J connectivity index is 1.58. The van der Waals surface area contributed by atoms with Crippen LogP contribution in [0.3, 0.4) is 0 Å². The van der Waals surface area contributed by atoms with Crippen molar-refractivity contribution in [2.45, 2.75) is 96.7 Å². The third kappa shape index (κ3) is 12.2. The summed E-state index contributed by atoms with van der Waals surface area (Å²) in [5, 5.41) is 0. The van der Waals surface area contributed by atoms with Gasteiger partial charge in [0, 0.05) is 12.5 Å². The molecule has 200 valence electrons. The quantitative estimate of drug-likeness (QED) is 0.0786. The van der Waals surface area contributed by atoms with E-state index >= 15 is 0 Å². The van der Waals surface area contributed by atoms with E-state index in [-0.39, 0.29) is 5.97 Å². The van der Waals surface area contributed by atoms with Crippen LogP contribution in [0.4, 0.5) is 0 Å². The van der Waals surface area contributed by atoms with Crippen molar-refractivity contribution >= 4 is 11.5 Å². The van der Waals surface area contributed by atoms with Gasteiger partial charge in [0.1, 0.15) is 0 Å². The Morgan fingerprint density at radius 2 is 1.56 bits per heavy atom. The van der Waals surface area contributed by atoms with Crippen LogP contribution in [-0.4, -0.2) is 31.6 Å². The van der Waals surface area contributed by atoms with Crippen LogP contribution in [0.5, 0.6) is 0 Å². The summed E-state index contributed by atoms with van der Waals surface area (Å²) in [4.78, 5) is 11.0. The van der Waals surface area contributed by atoms with Gasteiger partial charge in [-0.3, -0.25) is 0 Å². The van der Waals surface area contributed by atoms with Crippen molar-refractivity contribution in [1.29, 1.82) is 0 Å². The average molecular weight is 497 g/mol. The second kappa shape index (κ2) is 18.1. The molecule has 2 rings (SSSR count). The molecule has 1 aromatic carbocycles. The molecule has 2 atom stereocenters. The molecule has 1 aliphatic rings. The monoisotopic (exact) mass is 496 g/mol. The van der Waals surface area contributed by atoms with Crippen molar-refractivity contribution < 1.29 is 19.0 Å². The number of ether oxygens (including phenoxy) is 3. The first-order valence-electron chi connectivity index (χ1n) is 14.1. The summed E-state index contributed by atoms with van der Waals surface area (Å²) in [6.07, 6.45) is 21.6. The number of unbranched alkanes of at least 4 members (excludes halogenated alkanes) is 9. The second-order valence-electron chi connectivity index (χ2n) is 9.95. The van der Waals surface area contributed by atoms with Gasteiger partial charge in [0.05, 0.1) is 19.8 Å². The summed E-state index contributed by atoms with van der Waals surface area (Å²) in [6.45, 7) is 9.79. The van der Waals surface area contributed by atoms with Gasteiger partial charge in [-0.15, -0.1) is 0 Å². The number of allylic oxidation sites excluding steroid dienone is 2. The lowest BCUT2D eigenvalue weighted by atomic mass is 9.96. The van der Waals surface area contributed by atoms with E-state index in [0.717, 1.165) is 45.3 Å². The van der Waals surface area contributed by atoms with Gasteiger partial charge in [0.15, 0.2) is 5.79 Å². The van der Waals surface area contributed by atoms with Crippen LogP contribution in [0.1, 0.15) is 96.5 Å². The van der Waals surface area contributed by atoms with Crippen LogP contribution in [0.15, 0.2) is 61.2 Å². The van der Waals surface area contributed by atoms with Crippen LogP contribution in [-0.2, 0) is 19.0 Å². The van der Waals surface area contributed by atoms with Crippen molar-refractivity contribution in [2.75, 3.05) is 19.8 Å². The van der Waals surface area contributed by atoms with Crippen molar-refractivity contribution in [3.05, 3.63) is 66.8 Å². The third-order valence-corrected chi connectivity index (χ3v) is 6.84. The Kier molecular flexibility index (Phi) is 15.1. The van der Waals surface area contributed by atoms with Crippen molar-refractivity contribution in [2.24, 2.45) is 5.92 Å². The highest BCUT2D eigenvalue weighted by molar-refractivity contribution is 5.81. The Labute approximate surface area is 219 Å². The molecule has 4 heteroatoms. The van der Waals surface area contributed by atoms with E-state index in [1.54, 1.807) is 0 Å². The number of carbonyl (C=O) groups excluding carboxylic acids is 1. The van der Waals surface area contributed by atoms with E-state index < -0.39 is 5.79 Å². The van der Waals surface area contributed by atoms with Gasteiger partial charge in [-0.25, -0.2) is 4.79 Å². The van der Waals surface area contributed by atoms with E-state index in [0.29, 0.717) is 12.5 Å². The average Bonchev–Trinajstić information content (AvgIpc) is 2.92. The molecule has 4 nitrogen and oxygen atoms in total. The van der Waals surface area contributed by atoms with Crippen molar-refractivity contribution in [1.82, 2.24) is 0 Å². The van der Waals surface area contributed by atoms with Gasteiger partial charge in [0.2, 0.25) is 0 Å². The number of hydrogen-bond donors (Lipinski definition) is 0. The lowest BCUT2D eigenvalue weighted by molar-refractivity contribution is -0.208. The lowest BCUT2D eigenvalue weighted by Crippen LogP contribution is -2.36. The maximum atomic E-state index is 11.0. The molecule has 0 fully saturated rings. The molecule has 0 amide bonds. The predicted octanol–water partition coefficient (Wildman–Crippen LogP) is 8.44. The lowest BCUT2D eigenvalue weighted by Gasteiger charge is -2.33. The molecule has 0 spiro atoms. The minimum Gasteiger partial charge on any atom is -0.463 e. The van der Waals surface area contributed by atoms with Crippen LogP contribution >= 0.6 is 0 Å². The molecule has 1 aliphatic carbocycles. The van der Waals surface area contributed by atoms with E-state index in [4.69, 9.17) is 14.2 Å². The largest absolute Gasteiger partial charge is 0.463 e. The van der Waals surface area contributed by atoms with E-state index in [1.807, 2.05) is 6.07 Å². The van der Waals surface area contributed by atoms with Crippen molar-refractivity contribution in [3.63, 3.8) is 0 Å². The number of hydrogen-bond acceptors (Lipinski definition) is 4. The summed E-state index contributed by atoms with van der Waals surface area (Å²) in [5.41, 5.74) is 2.47. The van der Waals surface area contributed by atoms with Gasteiger partial charge in [-0.2, -0.15) is 0 Å². The van der Waals surface area contributed by atoms with Crippen LogP contribution < -0.4 is 0 Å². The fourth-order valence-corrected chi connectivity index (χ4v) is 4.20. The summed E-state index contributed by atoms with van der Waals surface area (Å²) >= 11 is 0. The van der Waals surface area contributed by atoms with E-state index in [9.17, 15) is 4.79 Å². The minimum absolute atomic E-state index is 0.321. The van der Waals surface area contributed by atoms with Gasteiger partial charge < -0.3 is 14.2 Å². The third-order valence-electron chi connectivity index (χ3n) is 6.84. The number of benzene rings is 1. The maximum Gasteiger partial charge on any atom is 0.330 e. The molecular formula is C32H48O4. The smallest absolute Gasteiger partial charge is 0.330 e. The first kappa shape index (κ1) is 30.1. The Morgan fingerprint density at radius 3 is 2.11 bits per heavy atom. The summed E-state index contributed by atoms with van der Waals surface area (Å²) in [7, 11) is 0. The first-order valence-corrected chi connectivity index (χ1v) is 14.1. The molecule has 0 heterocycles. The molecule has 0 saturated heterocycles. The van der Waals surface area contributed by atoms with Gasteiger partial charge in [-0.05, 0) is 36.0 Å². The summed E-state index contributed by atoms with van der Waals surface area (Å²) in [6, 6.07) is 10.5. The molecule has 36 heavy (non-hydrogen) atoms. The zero-order valence-electron chi connectivity index (χ0n) is 22.7. The van der Waals surface area contributed by atoms with E-state index in [2.05, 4.69) is 62.9 Å². The van der Waals surface area contributed by atoms with E-state index in [1.165, 1.54) is 62.2 Å². The van der Waals surface area contributed by atoms with Crippen LogP contribution in [0.2, 0.25) is 0 Å². The highest BCUT2D eigenvalue weighted by Gasteiger charge is 2.31. The Hall–Kier alpha value is -2.17. The predicted molar refractivity (Wildman–Crippen MR) is 150 cm³/mol. The zero-order valence-corrected chi connectivity index (χ0v) is 22.7. The Morgan fingerprint density at radius 1 is 0.944 bits per heavy atom. The molecule has 0 N–H and O–H groups in total. The highest BCUT2D eigenvalue weighted by atomic mass is 16.7. The zero-order chi connectivity index (χ0) is 25.9. The fourth-order valence-electron chi connectivity index (χ4n) is 4.20. The fraction of sp³-hybridized carbons (Fsp3) is 0.594. The molecule has 0 saturated carbocycles. The van der Waals surface area contributed by atoms with Crippen molar-refractivity contribution in [3.8, 4) is 0 Å². The number of rotatable bonds is 20. The molecule has 0 radical (unpaired) electrons. The molecule has 0 aliphatic heterocycles. The van der Waals surface area contributed by atoms with Crippen LogP contribution in [0.25, 0.3) is 5.57 Å². The van der Waals surface area contributed by atoms with Gasteiger partial charge in [0.25, 0.3) is 0 Å². The summed E-state index contributed by atoms with van der Waals surface area (Å²) < 4.78 is 17.7. The van der Waals surface area contributed by atoms with Gasteiger partial charge >= 0.3 is 5.97 Å². The minimum atomic E-state index is -0.633. The second-order valence-corrected chi connectivity index (χ2v) is 9.95. The number of esters is 1. The molecule has 1 aromatic rings. The Bertz CT molecular complexity index is 798. The topological polar surface area (TPSA) is 44.8 Å². The van der Waals surface area contributed by atoms with Gasteiger partial charge in [-0.1, -0.05) is 121 Å². The molecular weight excluding hydrogens is 448 g/mol. The standard InChI is InChI=1S/C32H48O4/c1-4-28(3)27-36-32(23-21-30(22-24-32)29-19-15-14-16-20-29)35-26-18-13-11-9-7-6-8-10-12-17-25-34-31(33)5-2/h5,14-16,19-23,28H,2,4,6-13,17-18,24-27H2,1,3H3. The molecule has 0 bridgehead atoms. The summed E-state index contributed by atoms with van der Waals surface area (Å²) in [5.74, 6) is -0.433. The molecule has 0 aromatic heterocycles. The molecule has 2 unspecified atom stereocenters. The SMILES string of the molecule is C=CC(=O)OCCCCCCCCCCCCOC1(OCC(C)CC)C=CC(c2ccccc2)=CC1.